The number of amides is 1. The van der Waals surface area contributed by atoms with E-state index in [1.807, 2.05) is 44.2 Å². The highest BCUT2D eigenvalue weighted by atomic mass is 16.5. The van der Waals surface area contributed by atoms with Crippen LogP contribution in [0, 0.1) is 13.8 Å². The zero-order valence-corrected chi connectivity index (χ0v) is 22.1. The standard InChI is InChI=1S/C31H31NO6/c1-18(2)38-31(36)22-12-10-21(11-13-22)17-32-27(23-8-6-7-19(3)15-23)26(29(34)30(32)35)28(33)24-16-20(4)9-14-25(24)37-5/h6-16,18,27,33H,17H2,1-5H3/b28-26+. The van der Waals surface area contributed by atoms with Gasteiger partial charge in [0.2, 0.25) is 0 Å². The Morgan fingerprint density at radius 2 is 1.66 bits per heavy atom. The summed E-state index contributed by atoms with van der Waals surface area (Å²) in [6, 6.07) is 18.7. The maximum absolute atomic E-state index is 13.4. The average molecular weight is 514 g/mol. The second-order valence-electron chi connectivity index (χ2n) is 9.70. The molecule has 38 heavy (non-hydrogen) atoms. The van der Waals surface area contributed by atoms with Gasteiger partial charge in [-0.15, -0.1) is 0 Å². The van der Waals surface area contributed by atoms with Gasteiger partial charge in [0.25, 0.3) is 11.7 Å². The number of nitrogens with zero attached hydrogens (tertiary/aromatic N) is 1. The normalized spacial score (nSPS) is 16.7. The Morgan fingerprint density at radius 1 is 0.974 bits per heavy atom. The number of hydrogen-bond acceptors (Lipinski definition) is 6. The third kappa shape index (κ3) is 5.32. The molecule has 1 aliphatic rings. The largest absolute Gasteiger partial charge is 0.507 e. The summed E-state index contributed by atoms with van der Waals surface area (Å²) in [6.07, 6.45) is -0.240. The molecule has 1 aliphatic heterocycles. The van der Waals surface area contributed by atoms with Gasteiger partial charge in [0.1, 0.15) is 11.5 Å². The highest BCUT2D eigenvalue weighted by Crippen LogP contribution is 2.42. The number of carbonyl (C=O) groups is 3. The molecule has 1 amide bonds. The van der Waals surface area contributed by atoms with Gasteiger partial charge in [-0.2, -0.15) is 0 Å². The lowest BCUT2D eigenvalue weighted by molar-refractivity contribution is -0.140. The van der Waals surface area contributed by atoms with Gasteiger partial charge < -0.3 is 19.5 Å². The van der Waals surface area contributed by atoms with Gasteiger partial charge in [-0.1, -0.05) is 53.6 Å². The van der Waals surface area contributed by atoms with Gasteiger partial charge >= 0.3 is 5.97 Å². The third-order valence-electron chi connectivity index (χ3n) is 6.39. The Morgan fingerprint density at radius 3 is 2.29 bits per heavy atom. The predicted octanol–water partition coefficient (Wildman–Crippen LogP) is 5.50. The second kappa shape index (κ2) is 10.9. The van der Waals surface area contributed by atoms with Crippen molar-refractivity contribution in [3.05, 3.63) is 106 Å². The van der Waals surface area contributed by atoms with Crippen LogP contribution < -0.4 is 4.74 Å². The van der Waals surface area contributed by atoms with Gasteiger partial charge in [0, 0.05) is 6.54 Å². The number of aryl methyl sites for hydroxylation is 2. The van der Waals surface area contributed by atoms with Crippen molar-refractivity contribution in [3.8, 4) is 5.75 Å². The molecule has 1 fully saturated rings. The van der Waals surface area contributed by atoms with E-state index in [0.717, 1.165) is 16.7 Å². The molecule has 0 aliphatic carbocycles. The van der Waals surface area contributed by atoms with Crippen LogP contribution in [0.1, 0.15) is 58.1 Å². The van der Waals surface area contributed by atoms with Crippen LogP contribution in [0.2, 0.25) is 0 Å². The minimum Gasteiger partial charge on any atom is -0.507 e. The van der Waals surface area contributed by atoms with E-state index in [-0.39, 0.29) is 24.0 Å². The zero-order chi connectivity index (χ0) is 27.6. The molecule has 1 atom stereocenters. The number of methoxy groups -OCH3 is 1. The molecule has 0 saturated carbocycles. The molecule has 1 heterocycles. The SMILES string of the molecule is COc1ccc(C)cc1/C(O)=C1\C(=O)C(=O)N(Cc2ccc(C(=O)OC(C)C)cc2)C1c1cccc(C)c1. The first kappa shape index (κ1) is 26.7. The van der Waals surface area contributed by atoms with E-state index in [9.17, 15) is 19.5 Å². The smallest absolute Gasteiger partial charge is 0.338 e. The van der Waals surface area contributed by atoms with E-state index >= 15 is 0 Å². The van der Waals surface area contributed by atoms with Crippen LogP contribution in [-0.2, 0) is 20.9 Å². The van der Waals surface area contributed by atoms with E-state index < -0.39 is 23.7 Å². The van der Waals surface area contributed by atoms with E-state index in [4.69, 9.17) is 9.47 Å². The van der Waals surface area contributed by atoms with Crippen molar-refractivity contribution in [2.75, 3.05) is 7.11 Å². The highest BCUT2D eigenvalue weighted by Gasteiger charge is 2.46. The molecule has 4 rings (SSSR count). The van der Waals surface area contributed by atoms with E-state index in [1.165, 1.54) is 12.0 Å². The number of esters is 1. The van der Waals surface area contributed by atoms with Crippen molar-refractivity contribution >= 4 is 23.4 Å². The van der Waals surface area contributed by atoms with Crippen molar-refractivity contribution in [2.24, 2.45) is 0 Å². The van der Waals surface area contributed by atoms with E-state index in [2.05, 4.69) is 0 Å². The van der Waals surface area contributed by atoms with Crippen LogP contribution in [0.4, 0.5) is 0 Å². The number of aliphatic hydroxyl groups excluding tert-OH is 1. The summed E-state index contributed by atoms with van der Waals surface area (Å²) in [5.41, 5.74) is 3.98. The maximum Gasteiger partial charge on any atom is 0.338 e. The van der Waals surface area contributed by atoms with E-state index in [0.29, 0.717) is 22.4 Å². The summed E-state index contributed by atoms with van der Waals surface area (Å²) in [4.78, 5) is 40.5. The van der Waals surface area contributed by atoms with Crippen molar-refractivity contribution in [2.45, 2.75) is 46.4 Å². The van der Waals surface area contributed by atoms with Crippen LogP contribution >= 0.6 is 0 Å². The first-order valence-corrected chi connectivity index (χ1v) is 12.4. The number of benzene rings is 3. The Bertz CT molecular complexity index is 1420. The number of rotatable bonds is 7. The Hall–Kier alpha value is -4.39. The molecule has 1 saturated heterocycles. The monoisotopic (exact) mass is 513 g/mol. The fourth-order valence-electron chi connectivity index (χ4n) is 4.61. The Labute approximate surface area is 222 Å². The summed E-state index contributed by atoms with van der Waals surface area (Å²) in [5.74, 6) is -1.81. The molecular formula is C31H31NO6. The molecule has 1 unspecified atom stereocenters. The van der Waals surface area contributed by atoms with Gasteiger partial charge in [-0.05, 0) is 63.1 Å². The first-order valence-electron chi connectivity index (χ1n) is 12.4. The van der Waals surface area contributed by atoms with Gasteiger partial charge in [0.15, 0.2) is 0 Å². The molecule has 0 spiro atoms. The minimum atomic E-state index is -0.814. The lowest BCUT2D eigenvalue weighted by Crippen LogP contribution is -2.29. The van der Waals surface area contributed by atoms with Crippen molar-refractivity contribution in [1.82, 2.24) is 4.90 Å². The molecule has 7 nitrogen and oxygen atoms in total. The van der Waals surface area contributed by atoms with E-state index in [1.54, 1.807) is 50.2 Å². The zero-order valence-electron chi connectivity index (χ0n) is 22.1. The number of likely N-dealkylation sites (tertiary alicyclic amines) is 1. The topological polar surface area (TPSA) is 93.1 Å². The van der Waals surface area contributed by atoms with Gasteiger partial charge in [-0.3, -0.25) is 9.59 Å². The summed E-state index contributed by atoms with van der Waals surface area (Å²) in [7, 11) is 1.48. The number of ketones is 1. The third-order valence-corrected chi connectivity index (χ3v) is 6.39. The second-order valence-corrected chi connectivity index (χ2v) is 9.70. The molecule has 3 aromatic rings. The van der Waals surface area contributed by atoms with Crippen LogP contribution in [0.25, 0.3) is 5.76 Å². The molecule has 196 valence electrons. The molecule has 0 aromatic heterocycles. The average Bonchev–Trinajstić information content (AvgIpc) is 3.13. The quantitative estimate of drug-likeness (QED) is 0.194. The lowest BCUT2D eigenvalue weighted by Gasteiger charge is -2.26. The number of carbonyl (C=O) groups excluding carboxylic acids is 3. The number of ether oxygens (including phenoxy) is 2. The van der Waals surface area contributed by atoms with Crippen molar-refractivity contribution < 1.29 is 29.0 Å². The van der Waals surface area contributed by atoms with Crippen LogP contribution in [0.15, 0.2) is 72.3 Å². The van der Waals surface area contributed by atoms with Gasteiger partial charge in [0.05, 0.1) is 36.0 Å². The number of aliphatic hydroxyl groups is 1. The summed E-state index contributed by atoms with van der Waals surface area (Å²) >= 11 is 0. The van der Waals surface area contributed by atoms with Crippen molar-refractivity contribution in [3.63, 3.8) is 0 Å². The summed E-state index contributed by atoms with van der Waals surface area (Å²) < 4.78 is 10.7. The summed E-state index contributed by atoms with van der Waals surface area (Å²) in [6.45, 7) is 7.45. The van der Waals surface area contributed by atoms with Gasteiger partial charge in [-0.25, -0.2) is 4.79 Å². The number of hydrogen-bond donors (Lipinski definition) is 1. The van der Waals surface area contributed by atoms with Crippen LogP contribution in [-0.4, -0.2) is 40.9 Å². The molecule has 3 aromatic carbocycles. The highest BCUT2D eigenvalue weighted by molar-refractivity contribution is 6.46. The fourth-order valence-corrected chi connectivity index (χ4v) is 4.61. The molecule has 7 heteroatoms. The maximum atomic E-state index is 13.4. The molecule has 0 bridgehead atoms. The van der Waals surface area contributed by atoms with Crippen LogP contribution in [0.3, 0.4) is 0 Å². The summed E-state index contributed by atoms with van der Waals surface area (Å²) in [5, 5.41) is 11.4. The minimum absolute atomic E-state index is 0.00151. The van der Waals surface area contributed by atoms with Crippen LogP contribution in [0.5, 0.6) is 5.75 Å². The number of Topliss-reactive ketones (excluding diaryl/α,β-unsaturated/α-hetero) is 1. The first-order chi connectivity index (χ1) is 18.1. The predicted molar refractivity (Wildman–Crippen MR) is 144 cm³/mol. The Kier molecular flexibility index (Phi) is 7.67. The molecular weight excluding hydrogens is 482 g/mol. The lowest BCUT2D eigenvalue weighted by atomic mass is 9.93. The molecule has 1 N–H and O–H groups in total. The molecule has 0 radical (unpaired) electrons. The van der Waals surface area contributed by atoms with Crippen molar-refractivity contribution in [1.29, 1.82) is 0 Å². The fraction of sp³-hybridized carbons (Fsp3) is 0.258. The Balaban J connectivity index is 1.79.